The summed E-state index contributed by atoms with van der Waals surface area (Å²) >= 11 is 5.40. The second kappa shape index (κ2) is 5.46. The fraction of sp³-hybridized carbons (Fsp3) is 0.300. The van der Waals surface area contributed by atoms with Gasteiger partial charge in [-0.3, -0.25) is 4.79 Å². The summed E-state index contributed by atoms with van der Waals surface area (Å²) in [4.78, 5) is 11.2. The van der Waals surface area contributed by atoms with Crippen LogP contribution in [-0.2, 0) is 4.79 Å². The molecule has 82 valence electrons. The fourth-order valence-corrected chi connectivity index (χ4v) is 1.21. The smallest absolute Gasteiger partial charge is 0.239 e. The summed E-state index contributed by atoms with van der Waals surface area (Å²) in [6, 6.07) is 5.23. The van der Waals surface area contributed by atoms with Crippen LogP contribution in [0.5, 0.6) is 11.5 Å². The van der Waals surface area contributed by atoms with Gasteiger partial charge in [0.2, 0.25) is 5.91 Å². The van der Waals surface area contributed by atoms with Crippen molar-refractivity contribution in [3.05, 3.63) is 18.2 Å². The first-order valence-corrected chi connectivity index (χ1v) is 4.83. The molecule has 4 nitrogen and oxygen atoms in total. The number of ether oxygens (including phenoxy) is 2. The maximum atomic E-state index is 11.2. The van der Waals surface area contributed by atoms with Gasteiger partial charge in [0.05, 0.1) is 14.2 Å². The number of carbonyl (C=O) groups is 1. The molecule has 1 aromatic carbocycles. The van der Waals surface area contributed by atoms with Gasteiger partial charge in [-0.1, -0.05) is 6.07 Å². The van der Waals surface area contributed by atoms with Crippen molar-refractivity contribution in [3.63, 3.8) is 0 Å². The molecular formula is C10H12ClNO3. The third-order valence-electron chi connectivity index (χ3n) is 1.81. The van der Waals surface area contributed by atoms with Gasteiger partial charge in [0.1, 0.15) is 23.1 Å². The minimum atomic E-state index is -0.306. The SMILES string of the molecule is COc1cccc(OC)c1NC(=O)CCl. The molecule has 0 bridgehead atoms. The Morgan fingerprint density at radius 1 is 1.33 bits per heavy atom. The Hall–Kier alpha value is -1.42. The molecule has 0 atom stereocenters. The molecule has 0 unspecified atom stereocenters. The van der Waals surface area contributed by atoms with Crippen LogP contribution in [0.25, 0.3) is 0 Å². The third kappa shape index (κ3) is 2.76. The van der Waals surface area contributed by atoms with E-state index < -0.39 is 0 Å². The van der Waals surface area contributed by atoms with E-state index in [0.717, 1.165) is 0 Å². The lowest BCUT2D eigenvalue weighted by Crippen LogP contribution is -2.14. The molecule has 1 aromatic rings. The number of hydrogen-bond donors (Lipinski definition) is 1. The first-order chi connectivity index (χ1) is 7.22. The van der Waals surface area contributed by atoms with E-state index >= 15 is 0 Å². The van der Waals surface area contributed by atoms with Gasteiger partial charge in [-0.25, -0.2) is 0 Å². The highest BCUT2D eigenvalue weighted by Gasteiger charge is 2.11. The minimum Gasteiger partial charge on any atom is -0.494 e. The monoisotopic (exact) mass is 229 g/mol. The summed E-state index contributed by atoms with van der Waals surface area (Å²) in [5.74, 6) is 0.654. The van der Waals surface area contributed by atoms with Crippen LogP contribution in [-0.4, -0.2) is 26.0 Å². The predicted octanol–water partition coefficient (Wildman–Crippen LogP) is 1.88. The van der Waals surface area contributed by atoms with Crippen LogP contribution in [0.1, 0.15) is 0 Å². The molecule has 0 aliphatic carbocycles. The van der Waals surface area contributed by atoms with Crippen molar-refractivity contribution in [3.8, 4) is 11.5 Å². The van der Waals surface area contributed by atoms with Crippen LogP contribution in [0.2, 0.25) is 0 Å². The second-order valence-corrected chi connectivity index (χ2v) is 2.99. The minimum absolute atomic E-state index is 0.110. The molecule has 0 aromatic heterocycles. The molecule has 1 amide bonds. The molecule has 0 fully saturated rings. The van der Waals surface area contributed by atoms with Crippen molar-refractivity contribution in [1.29, 1.82) is 0 Å². The third-order valence-corrected chi connectivity index (χ3v) is 2.06. The lowest BCUT2D eigenvalue weighted by Gasteiger charge is -2.12. The van der Waals surface area contributed by atoms with E-state index in [1.807, 2.05) is 0 Å². The molecule has 0 aliphatic rings. The number of carbonyl (C=O) groups excluding carboxylic acids is 1. The van der Waals surface area contributed by atoms with Crippen LogP contribution < -0.4 is 14.8 Å². The van der Waals surface area contributed by atoms with Gasteiger partial charge in [0.15, 0.2) is 0 Å². The number of hydrogen-bond acceptors (Lipinski definition) is 3. The summed E-state index contributed by atoms with van der Waals surface area (Å²) in [5, 5.41) is 2.61. The first-order valence-electron chi connectivity index (χ1n) is 4.29. The van der Waals surface area contributed by atoms with E-state index in [0.29, 0.717) is 17.2 Å². The predicted molar refractivity (Wildman–Crippen MR) is 58.9 cm³/mol. The summed E-state index contributed by atoms with van der Waals surface area (Å²) in [7, 11) is 3.04. The first kappa shape index (κ1) is 11.7. The van der Waals surface area contributed by atoms with Gasteiger partial charge < -0.3 is 14.8 Å². The van der Waals surface area contributed by atoms with Gasteiger partial charge in [-0.2, -0.15) is 0 Å². The molecule has 0 saturated carbocycles. The van der Waals surface area contributed by atoms with Gasteiger partial charge >= 0.3 is 0 Å². The normalized spacial score (nSPS) is 9.53. The summed E-state index contributed by atoms with van der Waals surface area (Å²) in [6.45, 7) is 0. The molecule has 5 heteroatoms. The van der Waals surface area contributed by atoms with Gasteiger partial charge in [-0.15, -0.1) is 11.6 Å². The number of amides is 1. The van der Waals surface area contributed by atoms with Crippen LogP contribution in [0.15, 0.2) is 18.2 Å². The van der Waals surface area contributed by atoms with Crippen LogP contribution >= 0.6 is 11.6 Å². The number of benzene rings is 1. The number of methoxy groups -OCH3 is 2. The van der Waals surface area contributed by atoms with Crippen molar-refractivity contribution < 1.29 is 14.3 Å². The number of nitrogens with one attached hydrogen (secondary N) is 1. The Morgan fingerprint density at radius 3 is 2.27 bits per heavy atom. The van der Waals surface area contributed by atoms with E-state index in [1.54, 1.807) is 18.2 Å². The van der Waals surface area contributed by atoms with E-state index in [-0.39, 0.29) is 11.8 Å². The van der Waals surface area contributed by atoms with Crippen molar-refractivity contribution in [2.45, 2.75) is 0 Å². The zero-order chi connectivity index (χ0) is 11.3. The maximum Gasteiger partial charge on any atom is 0.239 e. The molecule has 1 N–H and O–H groups in total. The zero-order valence-electron chi connectivity index (χ0n) is 8.54. The number of rotatable bonds is 4. The Labute approximate surface area is 93.1 Å². The maximum absolute atomic E-state index is 11.2. The van der Waals surface area contributed by atoms with Crippen LogP contribution in [0.3, 0.4) is 0 Å². The lowest BCUT2D eigenvalue weighted by molar-refractivity contribution is -0.113. The van der Waals surface area contributed by atoms with Gasteiger partial charge in [-0.05, 0) is 12.1 Å². The average molecular weight is 230 g/mol. The van der Waals surface area contributed by atoms with E-state index in [4.69, 9.17) is 21.1 Å². The Morgan fingerprint density at radius 2 is 1.87 bits per heavy atom. The highest BCUT2D eigenvalue weighted by atomic mass is 35.5. The van der Waals surface area contributed by atoms with E-state index in [9.17, 15) is 4.79 Å². The van der Waals surface area contributed by atoms with Gasteiger partial charge in [0.25, 0.3) is 0 Å². The largest absolute Gasteiger partial charge is 0.494 e. The molecular weight excluding hydrogens is 218 g/mol. The van der Waals surface area contributed by atoms with E-state index in [2.05, 4.69) is 5.32 Å². The molecule has 1 rings (SSSR count). The summed E-state index contributed by atoms with van der Waals surface area (Å²) in [6.07, 6.45) is 0. The second-order valence-electron chi connectivity index (χ2n) is 2.72. The number of anilines is 1. The van der Waals surface area contributed by atoms with E-state index in [1.165, 1.54) is 14.2 Å². The highest BCUT2D eigenvalue weighted by Crippen LogP contribution is 2.33. The van der Waals surface area contributed by atoms with Crippen molar-refractivity contribution in [2.24, 2.45) is 0 Å². The Kier molecular flexibility index (Phi) is 4.24. The molecule has 0 aliphatic heterocycles. The Bertz CT molecular complexity index is 332. The van der Waals surface area contributed by atoms with Gasteiger partial charge in [0, 0.05) is 0 Å². The standard InChI is InChI=1S/C10H12ClNO3/c1-14-7-4-3-5-8(15-2)10(7)12-9(13)6-11/h3-5H,6H2,1-2H3,(H,12,13). The number of halogens is 1. The lowest BCUT2D eigenvalue weighted by atomic mass is 10.2. The van der Waals surface area contributed by atoms with Crippen molar-refractivity contribution in [1.82, 2.24) is 0 Å². The molecule has 0 heterocycles. The molecule has 0 saturated heterocycles. The summed E-state index contributed by atoms with van der Waals surface area (Å²) < 4.78 is 10.2. The molecule has 0 radical (unpaired) electrons. The van der Waals surface area contributed by atoms with Crippen LogP contribution in [0.4, 0.5) is 5.69 Å². The number of alkyl halides is 1. The fourth-order valence-electron chi connectivity index (χ4n) is 1.15. The van der Waals surface area contributed by atoms with Crippen LogP contribution in [0, 0.1) is 0 Å². The number of para-hydroxylation sites is 1. The zero-order valence-corrected chi connectivity index (χ0v) is 9.30. The van der Waals surface area contributed by atoms with Crippen molar-refractivity contribution in [2.75, 3.05) is 25.4 Å². The average Bonchev–Trinajstić information content (AvgIpc) is 2.29. The molecule has 15 heavy (non-hydrogen) atoms. The quantitative estimate of drug-likeness (QED) is 0.802. The highest BCUT2D eigenvalue weighted by molar-refractivity contribution is 6.29. The summed E-state index contributed by atoms with van der Waals surface area (Å²) in [5.41, 5.74) is 0.494. The topological polar surface area (TPSA) is 47.6 Å². The molecule has 0 spiro atoms. The Balaban J connectivity index is 3.05. The van der Waals surface area contributed by atoms with Crippen molar-refractivity contribution >= 4 is 23.2 Å².